The zero-order valence-electron chi connectivity index (χ0n) is 5.89. The summed E-state index contributed by atoms with van der Waals surface area (Å²) in [5.74, 6) is 0.331. The number of nitrogens with two attached hydrogens (primary N) is 1. The van der Waals surface area contributed by atoms with Gasteiger partial charge in [0.25, 0.3) is 0 Å². The molecule has 0 aromatic heterocycles. The Kier molecular flexibility index (Phi) is 3.28. The van der Waals surface area contributed by atoms with Gasteiger partial charge in [0.1, 0.15) is 0 Å². The standard InChI is InChI=1S/C7H13Cl2N/c8-6-2-1-3-7(9)5(6)4-10/h5-7H,1-4,10H2. The molecule has 1 nitrogen and oxygen atoms in total. The lowest BCUT2D eigenvalue weighted by atomic mass is 9.88. The molecule has 2 atom stereocenters. The zero-order valence-corrected chi connectivity index (χ0v) is 7.41. The maximum Gasteiger partial charge on any atom is 0.0390 e. The summed E-state index contributed by atoms with van der Waals surface area (Å²) >= 11 is 12.0. The highest BCUT2D eigenvalue weighted by atomic mass is 35.5. The van der Waals surface area contributed by atoms with E-state index in [0.717, 1.165) is 19.3 Å². The van der Waals surface area contributed by atoms with Crippen LogP contribution in [0.1, 0.15) is 19.3 Å². The third-order valence-corrected chi connectivity index (χ3v) is 3.24. The predicted octanol–water partition coefficient (Wildman–Crippen LogP) is 1.96. The molecule has 2 unspecified atom stereocenters. The first kappa shape index (κ1) is 8.63. The SMILES string of the molecule is NCC1C(Cl)CCCC1Cl. The second-order valence-electron chi connectivity index (χ2n) is 2.86. The average Bonchev–Trinajstić information content (AvgIpc) is 1.88. The maximum absolute atomic E-state index is 6.01. The summed E-state index contributed by atoms with van der Waals surface area (Å²) in [5.41, 5.74) is 5.52. The Hall–Kier alpha value is 0.540. The van der Waals surface area contributed by atoms with Gasteiger partial charge in [-0.05, 0) is 19.4 Å². The first-order valence-corrected chi connectivity index (χ1v) is 4.61. The van der Waals surface area contributed by atoms with Crippen molar-refractivity contribution in [2.75, 3.05) is 6.54 Å². The minimum Gasteiger partial charge on any atom is -0.330 e. The molecule has 1 saturated carbocycles. The molecule has 0 aromatic carbocycles. The first-order valence-electron chi connectivity index (χ1n) is 3.74. The van der Waals surface area contributed by atoms with Crippen LogP contribution in [0, 0.1) is 5.92 Å². The van der Waals surface area contributed by atoms with E-state index in [2.05, 4.69) is 0 Å². The zero-order chi connectivity index (χ0) is 7.56. The first-order chi connectivity index (χ1) is 4.75. The van der Waals surface area contributed by atoms with Crippen molar-refractivity contribution in [3.05, 3.63) is 0 Å². The number of hydrogen-bond acceptors (Lipinski definition) is 1. The van der Waals surface area contributed by atoms with Crippen LogP contribution in [0.25, 0.3) is 0 Å². The molecular formula is C7H13Cl2N. The van der Waals surface area contributed by atoms with Gasteiger partial charge < -0.3 is 5.73 Å². The summed E-state index contributed by atoms with van der Waals surface area (Å²) in [6.07, 6.45) is 3.30. The van der Waals surface area contributed by atoms with Crippen molar-refractivity contribution < 1.29 is 0 Å². The molecule has 0 spiro atoms. The summed E-state index contributed by atoms with van der Waals surface area (Å²) in [6.45, 7) is 0.627. The maximum atomic E-state index is 6.01. The Bertz CT molecular complexity index is 97.8. The van der Waals surface area contributed by atoms with Crippen LogP contribution in [0.2, 0.25) is 0 Å². The van der Waals surface area contributed by atoms with E-state index < -0.39 is 0 Å². The van der Waals surface area contributed by atoms with Gasteiger partial charge in [0.05, 0.1) is 0 Å². The molecule has 0 amide bonds. The van der Waals surface area contributed by atoms with E-state index in [0.29, 0.717) is 12.5 Å². The summed E-state index contributed by atoms with van der Waals surface area (Å²) in [5, 5.41) is 0.419. The van der Waals surface area contributed by atoms with Crippen LogP contribution in [-0.4, -0.2) is 17.3 Å². The molecule has 1 fully saturated rings. The lowest BCUT2D eigenvalue weighted by molar-refractivity contribution is 0.380. The van der Waals surface area contributed by atoms with Gasteiger partial charge in [-0.25, -0.2) is 0 Å². The monoisotopic (exact) mass is 181 g/mol. The second-order valence-corrected chi connectivity index (χ2v) is 3.98. The molecule has 2 N–H and O–H groups in total. The number of rotatable bonds is 1. The predicted molar refractivity (Wildman–Crippen MR) is 45.7 cm³/mol. The molecule has 3 heteroatoms. The number of alkyl halides is 2. The van der Waals surface area contributed by atoms with Gasteiger partial charge in [-0.3, -0.25) is 0 Å². The molecule has 0 radical (unpaired) electrons. The lowest BCUT2D eigenvalue weighted by Gasteiger charge is -2.30. The van der Waals surface area contributed by atoms with Crippen LogP contribution >= 0.6 is 23.2 Å². The van der Waals surface area contributed by atoms with Crippen LogP contribution in [0.4, 0.5) is 0 Å². The van der Waals surface area contributed by atoms with Crippen LogP contribution in [0.15, 0.2) is 0 Å². The normalized spacial score (nSPS) is 41.7. The molecule has 10 heavy (non-hydrogen) atoms. The highest BCUT2D eigenvalue weighted by Gasteiger charge is 2.29. The second kappa shape index (κ2) is 3.80. The van der Waals surface area contributed by atoms with E-state index >= 15 is 0 Å². The third kappa shape index (κ3) is 1.77. The highest BCUT2D eigenvalue weighted by molar-refractivity contribution is 6.24. The Morgan fingerprint density at radius 3 is 2.00 bits per heavy atom. The number of halogens is 2. The Morgan fingerprint density at radius 2 is 1.70 bits per heavy atom. The van der Waals surface area contributed by atoms with E-state index in [1.165, 1.54) is 0 Å². The minimum absolute atomic E-state index is 0.209. The Morgan fingerprint density at radius 1 is 1.20 bits per heavy atom. The molecule has 0 heterocycles. The van der Waals surface area contributed by atoms with Crippen molar-refractivity contribution in [3.8, 4) is 0 Å². The van der Waals surface area contributed by atoms with E-state index in [1.807, 2.05) is 0 Å². The van der Waals surface area contributed by atoms with Crippen LogP contribution in [0.5, 0.6) is 0 Å². The van der Waals surface area contributed by atoms with Crippen molar-refractivity contribution in [1.82, 2.24) is 0 Å². The molecule has 0 aliphatic heterocycles. The van der Waals surface area contributed by atoms with Crippen LogP contribution in [-0.2, 0) is 0 Å². The molecular weight excluding hydrogens is 169 g/mol. The number of hydrogen-bond donors (Lipinski definition) is 1. The van der Waals surface area contributed by atoms with Crippen LogP contribution < -0.4 is 5.73 Å². The Labute approximate surface area is 71.9 Å². The molecule has 0 aromatic rings. The van der Waals surface area contributed by atoms with Crippen molar-refractivity contribution >= 4 is 23.2 Å². The highest BCUT2D eigenvalue weighted by Crippen LogP contribution is 2.31. The van der Waals surface area contributed by atoms with Gasteiger partial charge in [0.2, 0.25) is 0 Å². The minimum atomic E-state index is 0.209. The van der Waals surface area contributed by atoms with Crippen molar-refractivity contribution in [2.24, 2.45) is 11.7 Å². The topological polar surface area (TPSA) is 26.0 Å². The van der Waals surface area contributed by atoms with Crippen molar-refractivity contribution in [1.29, 1.82) is 0 Å². The van der Waals surface area contributed by atoms with Gasteiger partial charge >= 0.3 is 0 Å². The smallest absolute Gasteiger partial charge is 0.0390 e. The van der Waals surface area contributed by atoms with Crippen LogP contribution in [0.3, 0.4) is 0 Å². The summed E-state index contributed by atoms with van der Waals surface area (Å²) in [7, 11) is 0. The molecule has 1 aliphatic carbocycles. The fourth-order valence-electron chi connectivity index (χ4n) is 1.46. The lowest BCUT2D eigenvalue weighted by Crippen LogP contribution is -2.35. The van der Waals surface area contributed by atoms with Gasteiger partial charge in [0, 0.05) is 16.7 Å². The summed E-state index contributed by atoms with van der Waals surface area (Å²) in [6, 6.07) is 0. The molecule has 1 rings (SSSR count). The van der Waals surface area contributed by atoms with E-state index in [-0.39, 0.29) is 10.8 Å². The largest absolute Gasteiger partial charge is 0.330 e. The van der Waals surface area contributed by atoms with Gasteiger partial charge in [-0.1, -0.05) is 6.42 Å². The Balaban J connectivity index is 2.45. The van der Waals surface area contributed by atoms with Gasteiger partial charge in [0.15, 0.2) is 0 Å². The van der Waals surface area contributed by atoms with Gasteiger partial charge in [-0.15, -0.1) is 23.2 Å². The molecule has 60 valence electrons. The third-order valence-electron chi connectivity index (χ3n) is 2.16. The van der Waals surface area contributed by atoms with E-state index in [1.54, 1.807) is 0 Å². The summed E-state index contributed by atoms with van der Waals surface area (Å²) in [4.78, 5) is 0. The quantitative estimate of drug-likeness (QED) is 0.616. The molecule has 0 saturated heterocycles. The van der Waals surface area contributed by atoms with Crippen molar-refractivity contribution in [2.45, 2.75) is 30.0 Å². The molecule has 0 bridgehead atoms. The fourth-order valence-corrected chi connectivity index (χ4v) is 2.40. The van der Waals surface area contributed by atoms with Gasteiger partial charge in [-0.2, -0.15) is 0 Å². The average molecular weight is 182 g/mol. The fraction of sp³-hybridized carbons (Fsp3) is 1.00. The summed E-state index contributed by atoms with van der Waals surface area (Å²) < 4.78 is 0. The van der Waals surface area contributed by atoms with E-state index in [9.17, 15) is 0 Å². The molecule has 1 aliphatic rings. The van der Waals surface area contributed by atoms with Crippen molar-refractivity contribution in [3.63, 3.8) is 0 Å². The van der Waals surface area contributed by atoms with E-state index in [4.69, 9.17) is 28.9 Å².